The molecule has 0 N–H and O–H groups in total. The lowest BCUT2D eigenvalue weighted by atomic mass is 10.1. The van der Waals surface area contributed by atoms with E-state index in [4.69, 9.17) is 29.7 Å². The molecular weight excluding hydrogens is 423 g/mol. The van der Waals surface area contributed by atoms with E-state index in [-0.39, 0.29) is 17.6 Å². The molecular formula is C24H25FN6O2. The molecule has 2 aliphatic rings. The highest BCUT2D eigenvalue weighted by molar-refractivity contribution is 5.90. The van der Waals surface area contributed by atoms with Gasteiger partial charge in [-0.2, -0.15) is 15.2 Å². The first kappa shape index (κ1) is 21.5. The zero-order valence-corrected chi connectivity index (χ0v) is 18.7. The van der Waals surface area contributed by atoms with Gasteiger partial charge >= 0.3 is 0 Å². The van der Waals surface area contributed by atoms with E-state index in [0.717, 1.165) is 17.7 Å². The van der Waals surface area contributed by atoms with Gasteiger partial charge in [-0.1, -0.05) is 6.07 Å². The Bertz CT molecular complexity index is 1230. The Kier molecular flexibility index (Phi) is 5.79. The number of nitrogens with zero attached hydrogens (tertiary/aromatic N) is 6. The van der Waals surface area contributed by atoms with Crippen LogP contribution in [0, 0.1) is 17.1 Å². The maximum Gasteiger partial charge on any atom is 0.229 e. The van der Waals surface area contributed by atoms with Gasteiger partial charge in [0.1, 0.15) is 17.7 Å². The summed E-state index contributed by atoms with van der Waals surface area (Å²) in [7, 11) is 0. The monoisotopic (exact) mass is 448 g/mol. The van der Waals surface area contributed by atoms with Crippen molar-refractivity contribution in [1.82, 2.24) is 15.0 Å². The Morgan fingerprint density at radius 3 is 2.36 bits per heavy atom. The maximum atomic E-state index is 14.2. The summed E-state index contributed by atoms with van der Waals surface area (Å²) in [4.78, 5) is 19.0. The van der Waals surface area contributed by atoms with Crippen LogP contribution in [0.25, 0.3) is 22.3 Å². The molecule has 33 heavy (non-hydrogen) atoms. The van der Waals surface area contributed by atoms with Crippen LogP contribution in [0.1, 0.15) is 19.4 Å². The summed E-state index contributed by atoms with van der Waals surface area (Å²) in [5, 5.41) is 9.86. The predicted molar refractivity (Wildman–Crippen MR) is 123 cm³/mol. The quantitative estimate of drug-likeness (QED) is 0.604. The number of benzene rings is 1. The summed E-state index contributed by atoms with van der Waals surface area (Å²) in [5.41, 5.74) is 1.74. The molecule has 5 rings (SSSR count). The van der Waals surface area contributed by atoms with Crippen LogP contribution in [-0.2, 0) is 9.47 Å². The predicted octanol–water partition coefficient (Wildman–Crippen LogP) is 3.15. The van der Waals surface area contributed by atoms with Gasteiger partial charge in [-0.05, 0) is 38.1 Å². The second-order valence-electron chi connectivity index (χ2n) is 8.46. The Morgan fingerprint density at radius 2 is 1.70 bits per heavy atom. The zero-order chi connectivity index (χ0) is 22.9. The normalized spacial score (nSPS) is 21.3. The third-order valence-corrected chi connectivity index (χ3v) is 6.18. The van der Waals surface area contributed by atoms with Crippen molar-refractivity contribution in [2.75, 3.05) is 49.3 Å². The van der Waals surface area contributed by atoms with Gasteiger partial charge in [-0.25, -0.2) is 9.37 Å². The van der Waals surface area contributed by atoms with Crippen molar-refractivity contribution in [1.29, 1.82) is 5.26 Å². The number of pyridine rings is 1. The number of morpholine rings is 2. The van der Waals surface area contributed by atoms with Gasteiger partial charge in [0.15, 0.2) is 5.65 Å². The first-order chi connectivity index (χ1) is 16.0. The molecule has 2 aromatic heterocycles. The molecule has 0 bridgehead atoms. The summed E-state index contributed by atoms with van der Waals surface area (Å²) in [6.07, 6.45) is 0. The molecule has 8 nitrogen and oxygen atoms in total. The molecule has 2 aliphatic heterocycles. The second-order valence-corrected chi connectivity index (χ2v) is 8.46. The minimum Gasteiger partial charge on any atom is -0.377 e. The fourth-order valence-electron chi connectivity index (χ4n) is 4.32. The largest absolute Gasteiger partial charge is 0.377 e. The highest BCUT2D eigenvalue weighted by Gasteiger charge is 2.27. The van der Waals surface area contributed by atoms with E-state index in [1.165, 1.54) is 12.1 Å². The number of hydrogen-bond donors (Lipinski definition) is 0. The molecule has 0 aliphatic carbocycles. The number of anilines is 2. The van der Waals surface area contributed by atoms with Gasteiger partial charge in [-0.3, -0.25) is 0 Å². The van der Waals surface area contributed by atoms with Gasteiger partial charge in [-0.15, -0.1) is 0 Å². The van der Waals surface area contributed by atoms with Crippen molar-refractivity contribution in [3.63, 3.8) is 0 Å². The third-order valence-electron chi connectivity index (χ3n) is 6.18. The average molecular weight is 449 g/mol. The van der Waals surface area contributed by atoms with E-state index < -0.39 is 5.82 Å². The smallest absolute Gasteiger partial charge is 0.229 e. The summed E-state index contributed by atoms with van der Waals surface area (Å²) < 4.78 is 25.5. The van der Waals surface area contributed by atoms with E-state index in [2.05, 4.69) is 23.6 Å². The van der Waals surface area contributed by atoms with Crippen molar-refractivity contribution < 1.29 is 13.9 Å². The van der Waals surface area contributed by atoms with Crippen molar-refractivity contribution in [2.45, 2.75) is 25.9 Å². The number of aromatic nitrogens is 3. The second kappa shape index (κ2) is 8.89. The van der Waals surface area contributed by atoms with E-state index in [1.807, 2.05) is 18.2 Å². The molecule has 2 fully saturated rings. The Hall–Kier alpha value is -3.35. The molecule has 0 spiro atoms. The zero-order valence-electron chi connectivity index (χ0n) is 18.7. The summed E-state index contributed by atoms with van der Waals surface area (Å²) in [6.45, 7) is 8.13. The summed E-state index contributed by atoms with van der Waals surface area (Å²) in [6, 6.07) is 10.5. The molecule has 0 radical (unpaired) electrons. The van der Waals surface area contributed by atoms with Crippen LogP contribution in [0.2, 0.25) is 0 Å². The fourth-order valence-corrected chi connectivity index (χ4v) is 4.32. The van der Waals surface area contributed by atoms with Gasteiger partial charge in [0.05, 0.1) is 55.2 Å². The molecule has 0 saturated carbocycles. The number of halogens is 1. The Morgan fingerprint density at radius 1 is 0.970 bits per heavy atom. The van der Waals surface area contributed by atoms with E-state index in [9.17, 15) is 4.39 Å². The number of rotatable bonds is 3. The van der Waals surface area contributed by atoms with Crippen molar-refractivity contribution in [2.24, 2.45) is 0 Å². The number of ether oxygens (including phenoxy) is 2. The van der Waals surface area contributed by atoms with Crippen molar-refractivity contribution in [3.05, 3.63) is 41.7 Å². The third kappa shape index (κ3) is 4.08. The first-order valence-electron chi connectivity index (χ1n) is 11.1. The first-order valence-corrected chi connectivity index (χ1v) is 11.1. The molecule has 2 unspecified atom stereocenters. The fraction of sp³-hybridized carbons (Fsp3) is 0.417. The van der Waals surface area contributed by atoms with Gasteiger partial charge < -0.3 is 19.3 Å². The molecule has 170 valence electrons. The lowest BCUT2D eigenvalue weighted by Crippen LogP contribution is -2.46. The highest BCUT2D eigenvalue weighted by Crippen LogP contribution is 2.31. The number of nitriles is 1. The molecule has 0 amide bonds. The summed E-state index contributed by atoms with van der Waals surface area (Å²) in [5.74, 6) is 0.877. The minimum atomic E-state index is -0.565. The molecule has 2 atom stereocenters. The Labute approximate surface area is 191 Å². The van der Waals surface area contributed by atoms with Crippen LogP contribution in [0.3, 0.4) is 0 Å². The van der Waals surface area contributed by atoms with Crippen molar-refractivity contribution in [3.8, 4) is 17.3 Å². The van der Waals surface area contributed by atoms with E-state index in [1.54, 1.807) is 6.07 Å². The van der Waals surface area contributed by atoms with Gasteiger partial charge in [0.2, 0.25) is 5.95 Å². The molecule has 2 saturated heterocycles. The highest BCUT2D eigenvalue weighted by atomic mass is 19.1. The van der Waals surface area contributed by atoms with Gasteiger partial charge in [0.25, 0.3) is 0 Å². The maximum absolute atomic E-state index is 14.2. The standard InChI is InChI=1S/C24H25FN6O2/c1-15-13-32-9-7-30(15)23-19-5-6-21(17-3-4-18(12-26)20(25)11-17)27-22(19)28-24(29-23)31-8-10-33-14-16(31)2/h3-6,11,15-16H,7-10,13-14H2,1-2H3. The average Bonchev–Trinajstić information content (AvgIpc) is 2.83. The molecule has 1 aromatic carbocycles. The number of fused-ring (bicyclic) bond motifs is 1. The van der Waals surface area contributed by atoms with Crippen LogP contribution in [0.4, 0.5) is 16.2 Å². The van der Waals surface area contributed by atoms with Crippen LogP contribution in [0.5, 0.6) is 0 Å². The van der Waals surface area contributed by atoms with E-state index >= 15 is 0 Å². The SMILES string of the molecule is CC1COCCN1c1nc(N2CCOCC2C)c2ccc(-c3ccc(C#N)c(F)c3)nc2n1. The van der Waals surface area contributed by atoms with Gasteiger partial charge in [0, 0.05) is 18.7 Å². The van der Waals surface area contributed by atoms with Crippen LogP contribution in [-0.4, -0.2) is 66.6 Å². The van der Waals surface area contributed by atoms with E-state index in [0.29, 0.717) is 55.8 Å². The Balaban J connectivity index is 1.65. The minimum absolute atomic E-state index is 0.00838. The van der Waals surface area contributed by atoms with Crippen LogP contribution >= 0.6 is 0 Å². The number of hydrogen-bond acceptors (Lipinski definition) is 8. The summed E-state index contributed by atoms with van der Waals surface area (Å²) >= 11 is 0. The molecule has 4 heterocycles. The van der Waals surface area contributed by atoms with Crippen LogP contribution < -0.4 is 9.80 Å². The van der Waals surface area contributed by atoms with Crippen LogP contribution in [0.15, 0.2) is 30.3 Å². The lowest BCUT2D eigenvalue weighted by Gasteiger charge is -2.37. The van der Waals surface area contributed by atoms with Crippen molar-refractivity contribution >= 4 is 22.8 Å². The molecule has 9 heteroatoms. The topological polar surface area (TPSA) is 87.4 Å². The lowest BCUT2D eigenvalue weighted by molar-refractivity contribution is 0.0973. The molecule has 3 aromatic rings.